The van der Waals surface area contributed by atoms with E-state index in [1.165, 1.54) is 0 Å². The normalized spacial score (nSPS) is 20.9. The lowest BCUT2D eigenvalue weighted by molar-refractivity contribution is -0.122. The molecule has 1 fully saturated rings. The minimum atomic E-state index is -0.711. The smallest absolute Gasteiger partial charge is 0.329 e. The molecule has 0 aromatic heterocycles. The van der Waals surface area contributed by atoms with Crippen LogP contribution in [-0.2, 0) is 9.59 Å². The fraction of sp³-hybridized carbons (Fsp3) is 0.190. The topological polar surface area (TPSA) is 81.8 Å². The second kappa shape index (κ2) is 7.36. The number of urea groups is 1. The second-order valence-corrected chi connectivity index (χ2v) is 8.01. The van der Waals surface area contributed by atoms with Crippen LogP contribution in [0.15, 0.2) is 64.8 Å². The quantitative estimate of drug-likeness (QED) is 0.746. The van der Waals surface area contributed by atoms with Gasteiger partial charge in [-0.2, -0.15) is 0 Å². The highest BCUT2D eigenvalue weighted by molar-refractivity contribution is 9.10. The zero-order valence-electron chi connectivity index (χ0n) is 15.8. The summed E-state index contributed by atoms with van der Waals surface area (Å²) in [6.45, 7) is 1.93. The van der Waals surface area contributed by atoms with Crippen molar-refractivity contribution in [3.63, 3.8) is 0 Å². The molecule has 0 aliphatic carbocycles. The van der Waals surface area contributed by atoms with Crippen LogP contribution in [0.4, 0.5) is 16.2 Å². The molecule has 2 aliphatic rings. The minimum absolute atomic E-state index is 0.339. The van der Waals surface area contributed by atoms with Crippen LogP contribution in [0, 0.1) is 6.92 Å². The first-order chi connectivity index (χ1) is 13.8. The van der Waals surface area contributed by atoms with Gasteiger partial charge in [0.25, 0.3) is 11.8 Å². The molecule has 0 radical (unpaired) electrons. The summed E-state index contributed by atoms with van der Waals surface area (Å²) in [6, 6.07) is 12.4. The summed E-state index contributed by atoms with van der Waals surface area (Å²) >= 11 is 3.35. The third-order valence-corrected chi connectivity index (χ3v) is 5.57. The molecule has 7 nitrogen and oxygen atoms in total. The molecule has 2 heterocycles. The average molecular weight is 455 g/mol. The maximum atomic E-state index is 13.1. The molecule has 2 atom stereocenters. The van der Waals surface area contributed by atoms with Crippen molar-refractivity contribution in [1.29, 1.82) is 0 Å². The van der Waals surface area contributed by atoms with Gasteiger partial charge >= 0.3 is 6.03 Å². The molecule has 0 spiro atoms. The van der Waals surface area contributed by atoms with Crippen LogP contribution < -0.4 is 15.5 Å². The number of nitrogens with one attached hydrogen (secondary N) is 2. The average Bonchev–Trinajstić information content (AvgIpc) is 3.01. The van der Waals surface area contributed by atoms with Gasteiger partial charge in [-0.25, -0.2) is 9.69 Å². The van der Waals surface area contributed by atoms with Gasteiger partial charge in [0.15, 0.2) is 0 Å². The van der Waals surface area contributed by atoms with Crippen molar-refractivity contribution in [3.8, 4) is 0 Å². The Kier molecular flexibility index (Phi) is 4.87. The Bertz CT molecular complexity index is 1020. The fourth-order valence-corrected chi connectivity index (χ4v) is 3.83. The van der Waals surface area contributed by atoms with Crippen molar-refractivity contribution in [2.24, 2.45) is 0 Å². The first-order valence-corrected chi connectivity index (χ1v) is 9.86. The number of aryl methyl sites for hydroxylation is 1. The number of anilines is 2. The van der Waals surface area contributed by atoms with Gasteiger partial charge in [-0.15, -0.1) is 0 Å². The third kappa shape index (κ3) is 3.51. The van der Waals surface area contributed by atoms with Crippen LogP contribution in [0.2, 0.25) is 0 Å². The molecule has 148 valence electrons. The highest BCUT2D eigenvalue weighted by Gasteiger charge is 2.49. The van der Waals surface area contributed by atoms with E-state index in [1.807, 2.05) is 31.2 Å². The van der Waals surface area contributed by atoms with E-state index in [-0.39, 0.29) is 11.8 Å². The molecule has 2 aliphatic heterocycles. The zero-order valence-corrected chi connectivity index (χ0v) is 17.4. The molecule has 2 unspecified atom stereocenters. The molecular formula is C21H19BrN4O3. The summed E-state index contributed by atoms with van der Waals surface area (Å²) in [5, 5.41) is 5.63. The molecule has 2 N–H and O–H groups in total. The monoisotopic (exact) mass is 454 g/mol. The van der Waals surface area contributed by atoms with Crippen LogP contribution in [0.25, 0.3) is 0 Å². The number of halogens is 1. The number of hydrogen-bond acceptors (Lipinski definition) is 4. The third-order valence-electron chi connectivity index (χ3n) is 5.04. The Morgan fingerprint density at radius 3 is 2.38 bits per heavy atom. The molecule has 2 aromatic carbocycles. The van der Waals surface area contributed by atoms with Gasteiger partial charge in [-0.3, -0.25) is 9.59 Å². The van der Waals surface area contributed by atoms with Gasteiger partial charge in [0.2, 0.25) is 0 Å². The highest BCUT2D eigenvalue weighted by atomic mass is 79.9. The summed E-state index contributed by atoms with van der Waals surface area (Å²) in [5.41, 5.74) is 2.49. The standard InChI is InChI=1S/C21H19BrN4O3/c1-12-3-9-15(10-4-12)26-20(28)18-17(24-21(26)29)16(11-25(18)2)19(27)23-14-7-5-13(22)6-8-14/h3-11,17-18H,1-2H3,(H,23,27)(H,24,29). The molecule has 4 rings (SSSR count). The lowest BCUT2D eigenvalue weighted by atomic mass is 9.99. The molecule has 2 aromatic rings. The predicted octanol–water partition coefficient (Wildman–Crippen LogP) is 3.02. The van der Waals surface area contributed by atoms with E-state index in [0.29, 0.717) is 16.9 Å². The van der Waals surface area contributed by atoms with Gasteiger partial charge in [0, 0.05) is 23.4 Å². The molecule has 4 amide bonds. The number of hydrogen-bond donors (Lipinski definition) is 2. The van der Waals surface area contributed by atoms with Gasteiger partial charge in [0.1, 0.15) is 6.04 Å². The van der Waals surface area contributed by atoms with Crippen molar-refractivity contribution < 1.29 is 14.4 Å². The molecule has 1 saturated heterocycles. The van der Waals surface area contributed by atoms with Crippen LogP contribution >= 0.6 is 15.9 Å². The van der Waals surface area contributed by atoms with Crippen LogP contribution in [0.5, 0.6) is 0 Å². The number of likely N-dealkylation sites (N-methyl/N-ethyl adjacent to an activating group) is 1. The maximum absolute atomic E-state index is 13.1. The first-order valence-electron chi connectivity index (χ1n) is 9.07. The van der Waals surface area contributed by atoms with Gasteiger partial charge in [0.05, 0.1) is 17.3 Å². The van der Waals surface area contributed by atoms with E-state index < -0.39 is 18.1 Å². The Labute approximate surface area is 176 Å². The van der Waals surface area contributed by atoms with Crippen LogP contribution in [0.3, 0.4) is 0 Å². The number of rotatable bonds is 3. The van der Waals surface area contributed by atoms with Gasteiger partial charge < -0.3 is 15.5 Å². The lowest BCUT2D eigenvalue weighted by Gasteiger charge is -2.37. The van der Waals surface area contributed by atoms with Crippen molar-refractivity contribution in [3.05, 3.63) is 70.3 Å². The number of benzene rings is 2. The Hall–Kier alpha value is -3.13. The van der Waals surface area contributed by atoms with Crippen molar-refractivity contribution in [1.82, 2.24) is 10.2 Å². The largest absolute Gasteiger partial charge is 0.366 e. The van der Waals surface area contributed by atoms with E-state index in [2.05, 4.69) is 26.6 Å². The number of imide groups is 1. The van der Waals surface area contributed by atoms with E-state index in [4.69, 9.17) is 0 Å². The Balaban J connectivity index is 1.56. The zero-order chi connectivity index (χ0) is 20.7. The molecule has 0 saturated carbocycles. The Morgan fingerprint density at radius 2 is 1.72 bits per heavy atom. The molecular weight excluding hydrogens is 436 g/mol. The first kappa shape index (κ1) is 19.2. The van der Waals surface area contributed by atoms with Crippen LogP contribution in [0.1, 0.15) is 5.56 Å². The minimum Gasteiger partial charge on any atom is -0.366 e. The fourth-order valence-electron chi connectivity index (χ4n) is 3.56. The molecule has 0 bridgehead atoms. The summed E-state index contributed by atoms with van der Waals surface area (Å²) in [7, 11) is 1.72. The number of carbonyl (C=O) groups is 3. The van der Waals surface area contributed by atoms with Crippen molar-refractivity contribution >= 4 is 45.2 Å². The van der Waals surface area contributed by atoms with E-state index >= 15 is 0 Å². The summed E-state index contributed by atoms with van der Waals surface area (Å²) in [5.74, 6) is -0.726. The summed E-state index contributed by atoms with van der Waals surface area (Å²) in [6.07, 6.45) is 1.61. The summed E-state index contributed by atoms with van der Waals surface area (Å²) < 4.78 is 0.900. The van der Waals surface area contributed by atoms with E-state index in [9.17, 15) is 14.4 Å². The van der Waals surface area contributed by atoms with E-state index in [0.717, 1.165) is 14.9 Å². The van der Waals surface area contributed by atoms with Crippen molar-refractivity contribution in [2.45, 2.75) is 19.0 Å². The number of nitrogens with zero attached hydrogens (tertiary/aromatic N) is 2. The number of amides is 4. The van der Waals surface area contributed by atoms with E-state index in [1.54, 1.807) is 42.4 Å². The SMILES string of the molecule is Cc1ccc(N2C(=O)NC3C(C(=O)Nc4ccc(Br)cc4)=CN(C)C3C2=O)cc1. The Morgan fingerprint density at radius 1 is 1.07 bits per heavy atom. The van der Waals surface area contributed by atoms with Gasteiger partial charge in [-0.1, -0.05) is 33.6 Å². The number of carbonyl (C=O) groups excluding carboxylic acids is 3. The van der Waals surface area contributed by atoms with Crippen molar-refractivity contribution in [2.75, 3.05) is 17.3 Å². The highest BCUT2D eigenvalue weighted by Crippen LogP contribution is 2.30. The number of fused-ring (bicyclic) bond motifs is 1. The second-order valence-electron chi connectivity index (χ2n) is 7.09. The summed E-state index contributed by atoms with van der Waals surface area (Å²) in [4.78, 5) is 41.4. The molecule has 8 heteroatoms. The maximum Gasteiger partial charge on any atom is 0.329 e. The lowest BCUT2D eigenvalue weighted by Crippen LogP contribution is -2.65. The van der Waals surface area contributed by atoms with Gasteiger partial charge in [-0.05, 0) is 43.3 Å². The van der Waals surface area contributed by atoms with Crippen LogP contribution in [-0.4, -0.2) is 41.9 Å². The molecule has 29 heavy (non-hydrogen) atoms. The predicted molar refractivity (Wildman–Crippen MR) is 113 cm³/mol.